The summed E-state index contributed by atoms with van der Waals surface area (Å²) in [5.74, 6) is -0.306. The van der Waals surface area contributed by atoms with Gasteiger partial charge in [0.25, 0.3) is 0 Å². The number of aryl methyl sites for hydroxylation is 2. The summed E-state index contributed by atoms with van der Waals surface area (Å²) in [6, 6.07) is 0. The summed E-state index contributed by atoms with van der Waals surface area (Å²) >= 11 is 3.33. The van der Waals surface area contributed by atoms with E-state index in [-0.39, 0.29) is 18.7 Å². The summed E-state index contributed by atoms with van der Waals surface area (Å²) in [5.41, 5.74) is 1.45. The molecule has 0 unspecified atom stereocenters. The first-order valence-corrected chi connectivity index (χ1v) is 6.54. The molecule has 0 spiro atoms. The van der Waals surface area contributed by atoms with Crippen molar-refractivity contribution in [3.63, 3.8) is 0 Å². The van der Waals surface area contributed by atoms with Gasteiger partial charge in [0.1, 0.15) is 0 Å². The largest absolute Gasteiger partial charge is 0.401 e. The highest BCUT2D eigenvalue weighted by Crippen LogP contribution is 2.21. The molecule has 19 heavy (non-hydrogen) atoms. The Morgan fingerprint density at radius 2 is 2.11 bits per heavy atom. The highest BCUT2D eigenvalue weighted by molar-refractivity contribution is 9.10. The maximum absolute atomic E-state index is 11.9. The maximum Gasteiger partial charge on any atom is 0.401 e. The van der Waals surface area contributed by atoms with Crippen LogP contribution in [-0.2, 0) is 17.8 Å². The van der Waals surface area contributed by atoms with Gasteiger partial charge in [-0.05, 0) is 29.8 Å². The Morgan fingerprint density at radius 3 is 2.63 bits per heavy atom. The molecule has 1 aromatic rings. The van der Waals surface area contributed by atoms with Crippen molar-refractivity contribution in [3.05, 3.63) is 15.9 Å². The van der Waals surface area contributed by atoms with Crippen molar-refractivity contribution in [2.24, 2.45) is 0 Å². The van der Waals surface area contributed by atoms with E-state index in [2.05, 4.69) is 26.3 Å². The van der Waals surface area contributed by atoms with Gasteiger partial charge in [-0.25, -0.2) is 0 Å². The molecular weight excluding hydrogens is 327 g/mol. The van der Waals surface area contributed by atoms with Crippen molar-refractivity contribution in [2.45, 2.75) is 33.0 Å². The maximum atomic E-state index is 11.9. The van der Waals surface area contributed by atoms with Crippen molar-refractivity contribution in [2.75, 3.05) is 13.1 Å². The minimum atomic E-state index is -4.30. The van der Waals surface area contributed by atoms with Crippen LogP contribution in [0.15, 0.2) is 4.47 Å². The number of hydrogen-bond donors (Lipinski definition) is 1. The van der Waals surface area contributed by atoms with Crippen molar-refractivity contribution in [1.82, 2.24) is 15.1 Å². The van der Waals surface area contributed by atoms with E-state index in [1.54, 1.807) is 11.6 Å². The molecule has 108 valence electrons. The predicted octanol–water partition coefficient (Wildman–Crippen LogP) is 2.24. The average molecular weight is 342 g/mol. The number of halogens is 4. The van der Waals surface area contributed by atoms with E-state index < -0.39 is 12.7 Å². The van der Waals surface area contributed by atoms with Gasteiger partial charge in [-0.2, -0.15) is 18.3 Å². The molecule has 1 aromatic heterocycles. The second kappa shape index (κ2) is 6.51. The number of hydrogen-bond acceptors (Lipinski definition) is 3. The molecule has 1 N–H and O–H groups in total. The lowest BCUT2D eigenvalue weighted by molar-refractivity contribution is -0.127. The molecule has 0 fully saturated rings. The molecule has 0 radical (unpaired) electrons. The van der Waals surface area contributed by atoms with Gasteiger partial charge in [-0.3, -0.25) is 9.48 Å². The second-order valence-corrected chi connectivity index (χ2v) is 4.89. The first-order valence-electron chi connectivity index (χ1n) is 5.75. The van der Waals surface area contributed by atoms with E-state index in [1.807, 2.05) is 6.92 Å². The van der Waals surface area contributed by atoms with Crippen LogP contribution in [-0.4, -0.2) is 34.8 Å². The fourth-order valence-corrected chi connectivity index (χ4v) is 2.05. The van der Waals surface area contributed by atoms with E-state index in [0.29, 0.717) is 12.2 Å². The summed E-state index contributed by atoms with van der Waals surface area (Å²) < 4.78 is 38.2. The fraction of sp³-hybridized carbons (Fsp3) is 0.636. The normalized spacial score (nSPS) is 11.9. The third-order valence-corrected chi connectivity index (χ3v) is 3.50. The fourth-order valence-electron chi connectivity index (χ4n) is 1.63. The molecule has 0 saturated carbocycles. The van der Waals surface area contributed by atoms with Gasteiger partial charge in [0.2, 0.25) is 0 Å². The molecule has 1 rings (SSSR count). The molecule has 0 saturated heterocycles. The molecule has 0 aromatic carbocycles. The highest BCUT2D eigenvalue weighted by atomic mass is 79.9. The van der Waals surface area contributed by atoms with Crippen LogP contribution in [0.1, 0.15) is 18.3 Å². The van der Waals surface area contributed by atoms with Gasteiger partial charge in [0, 0.05) is 6.54 Å². The lowest BCUT2D eigenvalue weighted by atomic mass is 10.2. The number of Topliss-reactive ketones (excluding diaryl/α,β-unsaturated/α-hetero) is 1. The first kappa shape index (κ1) is 16.2. The Morgan fingerprint density at radius 1 is 1.47 bits per heavy atom. The van der Waals surface area contributed by atoms with E-state index in [1.165, 1.54) is 0 Å². The van der Waals surface area contributed by atoms with Crippen LogP contribution in [0.25, 0.3) is 0 Å². The summed E-state index contributed by atoms with van der Waals surface area (Å²) in [5, 5.41) is 6.31. The smallest absolute Gasteiger partial charge is 0.302 e. The average Bonchev–Trinajstić information content (AvgIpc) is 2.55. The minimum Gasteiger partial charge on any atom is -0.302 e. The van der Waals surface area contributed by atoms with Crippen molar-refractivity contribution >= 4 is 21.7 Å². The van der Waals surface area contributed by atoms with E-state index in [4.69, 9.17) is 0 Å². The minimum absolute atomic E-state index is 0.0557. The van der Waals surface area contributed by atoms with Crippen LogP contribution in [0.4, 0.5) is 13.2 Å². The number of aromatic nitrogens is 2. The summed E-state index contributed by atoms with van der Waals surface area (Å²) in [6.07, 6.45) is -4.25. The van der Waals surface area contributed by atoms with Gasteiger partial charge < -0.3 is 5.32 Å². The van der Waals surface area contributed by atoms with Gasteiger partial charge in [0.05, 0.1) is 35.4 Å². The number of nitrogens with one attached hydrogen (secondary N) is 1. The number of rotatable bonds is 6. The molecule has 0 amide bonds. The topological polar surface area (TPSA) is 46.9 Å². The van der Waals surface area contributed by atoms with E-state index >= 15 is 0 Å². The van der Waals surface area contributed by atoms with Gasteiger partial charge in [-0.15, -0.1) is 0 Å². The Hall–Kier alpha value is -0.890. The zero-order chi connectivity index (χ0) is 14.6. The summed E-state index contributed by atoms with van der Waals surface area (Å²) in [4.78, 5) is 11.6. The predicted molar refractivity (Wildman–Crippen MR) is 68.0 cm³/mol. The lowest BCUT2D eigenvalue weighted by Crippen LogP contribution is -2.33. The molecule has 0 aliphatic rings. The Bertz CT molecular complexity index is 457. The van der Waals surface area contributed by atoms with Crippen LogP contribution in [0, 0.1) is 6.92 Å². The molecule has 0 aliphatic carbocycles. The number of carbonyl (C=O) groups excluding carboxylic acids is 1. The van der Waals surface area contributed by atoms with Gasteiger partial charge in [-0.1, -0.05) is 0 Å². The van der Waals surface area contributed by atoms with Crippen LogP contribution in [0.3, 0.4) is 0 Å². The van der Waals surface area contributed by atoms with Crippen LogP contribution < -0.4 is 5.32 Å². The van der Waals surface area contributed by atoms with Crippen LogP contribution in [0.5, 0.6) is 0 Å². The van der Waals surface area contributed by atoms with Crippen molar-refractivity contribution in [3.8, 4) is 0 Å². The van der Waals surface area contributed by atoms with Crippen molar-refractivity contribution in [1.29, 1.82) is 0 Å². The monoisotopic (exact) mass is 341 g/mol. The molecular formula is C11H15BrF3N3O. The van der Waals surface area contributed by atoms with Crippen molar-refractivity contribution < 1.29 is 18.0 Å². The first-order chi connectivity index (χ1) is 8.74. The zero-order valence-electron chi connectivity index (χ0n) is 10.6. The van der Waals surface area contributed by atoms with E-state index in [9.17, 15) is 18.0 Å². The number of alkyl halides is 3. The highest BCUT2D eigenvalue weighted by Gasteiger charge is 2.26. The quantitative estimate of drug-likeness (QED) is 0.863. The van der Waals surface area contributed by atoms with Crippen LogP contribution in [0.2, 0.25) is 0 Å². The number of nitrogens with zero attached hydrogens (tertiary/aromatic N) is 2. The SMILES string of the molecule is CCn1nc(C)c(Br)c1CC(=O)CNCC(F)(F)F. The summed E-state index contributed by atoms with van der Waals surface area (Å²) in [7, 11) is 0. The molecule has 0 atom stereocenters. The third kappa shape index (κ3) is 4.94. The molecule has 0 aliphatic heterocycles. The van der Waals surface area contributed by atoms with E-state index in [0.717, 1.165) is 10.2 Å². The number of carbonyl (C=O) groups is 1. The molecule has 8 heteroatoms. The molecule has 4 nitrogen and oxygen atoms in total. The Kier molecular flexibility index (Phi) is 5.54. The second-order valence-electron chi connectivity index (χ2n) is 4.10. The number of ketones is 1. The Balaban J connectivity index is 2.58. The third-order valence-electron chi connectivity index (χ3n) is 2.47. The lowest BCUT2D eigenvalue weighted by Gasteiger charge is -2.08. The molecule has 1 heterocycles. The van der Waals surface area contributed by atoms with Gasteiger partial charge >= 0.3 is 6.18 Å². The standard InChI is InChI=1S/C11H15BrF3N3O/c1-3-18-9(10(12)7(2)17-18)4-8(19)5-16-6-11(13,14)15/h16H,3-6H2,1-2H3. The van der Waals surface area contributed by atoms with Crippen LogP contribution >= 0.6 is 15.9 Å². The Labute approximate surface area is 117 Å². The summed E-state index contributed by atoms with van der Waals surface area (Å²) in [6.45, 7) is 2.82. The zero-order valence-corrected chi connectivity index (χ0v) is 12.2. The van der Waals surface area contributed by atoms with Gasteiger partial charge in [0.15, 0.2) is 5.78 Å². The molecule has 0 bridgehead atoms.